The maximum atomic E-state index is 9.32. The minimum Gasteiger partial charge on any atom is -0.395 e. The third-order valence-corrected chi connectivity index (χ3v) is 3.36. The van der Waals surface area contributed by atoms with Crippen LogP contribution in [0.5, 0.6) is 0 Å². The molecule has 2 rings (SSSR count). The molecule has 0 fully saturated rings. The normalized spacial score (nSPS) is 13.4. The molecule has 2 N–H and O–H groups in total. The number of imidazole rings is 1. The molecular formula is C14H21N3O. The number of aromatic nitrogens is 2. The lowest BCUT2D eigenvalue weighted by molar-refractivity contribution is 0.209. The van der Waals surface area contributed by atoms with Gasteiger partial charge in [0, 0.05) is 18.8 Å². The quantitative estimate of drug-likeness (QED) is 0.846. The van der Waals surface area contributed by atoms with Crippen LogP contribution in [-0.2, 0) is 6.54 Å². The number of hydrogen-bond acceptors (Lipinski definition) is 3. The molecule has 0 aliphatic rings. The van der Waals surface area contributed by atoms with Gasteiger partial charge < -0.3 is 14.8 Å². The molecule has 2 heterocycles. The summed E-state index contributed by atoms with van der Waals surface area (Å²) in [4.78, 5) is 4.52. The molecule has 0 aliphatic heterocycles. The fraction of sp³-hybridized carbons (Fsp3) is 0.500. The topological polar surface area (TPSA) is 49.6 Å². The fourth-order valence-electron chi connectivity index (χ4n) is 2.12. The van der Waals surface area contributed by atoms with Crippen molar-refractivity contribution in [2.75, 3.05) is 6.61 Å². The van der Waals surface area contributed by atoms with E-state index in [0.29, 0.717) is 5.92 Å². The molecule has 0 saturated heterocycles. The SMILES string of the molecule is Cc1nc2ccccn2c1CNC(CO)C(C)C. The third kappa shape index (κ3) is 2.54. The Morgan fingerprint density at radius 1 is 1.39 bits per heavy atom. The average Bonchev–Trinajstić information content (AvgIpc) is 2.66. The van der Waals surface area contributed by atoms with Crippen molar-refractivity contribution in [3.63, 3.8) is 0 Å². The summed E-state index contributed by atoms with van der Waals surface area (Å²) in [5.74, 6) is 0.412. The number of nitrogens with one attached hydrogen (secondary N) is 1. The standard InChI is InChI=1S/C14H21N3O/c1-10(2)12(9-18)15-8-13-11(3)16-14-6-4-5-7-17(13)14/h4-7,10,12,15,18H,8-9H2,1-3H3. The van der Waals surface area contributed by atoms with Crippen molar-refractivity contribution in [2.45, 2.75) is 33.4 Å². The minimum atomic E-state index is 0.124. The Morgan fingerprint density at radius 2 is 2.17 bits per heavy atom. The fourth-order valence-corrected chi connectivity index (χ4v) is 2.12. The van der Waals surface area contributed by atoms with Crippen LogP contribution in [0.2, 0.25) is 0 Å². The largest absolute Gasteiger partial charge is 0.395 e. The second kappa shape index (κ2) is 5.50. The summed E-state index contributed by atoms with van der Waals surface area (Å²) < 4.78 is 2.09. The number of fused-ring (bicyclic) bond motifs is 1. The van der Waals surface area contributed by atoms with Gasteiger partial charge in [0.2, 0.25) is 0 Å². The summed E-state index contributed by atoms with van der Waals surface area (Å²) in [6.07, 6.45) is 2.02. The van der Waals surface area contributed by atoms with E-state index in [1.54, 1.807) is 0 Å². The highest BCUT2D eigenvalue weighted by Gasteiger charge is 2.14. The summed E-state index contributed by atoms with van der Waals surface area (Å²) in [7, 11) is 0. The van der Waals surface area contributed by atoms with Crippen LogP contribution in [0, 0.1) is 12.8 Å². The Kier molecular flexibility index (Phi) is 3.99. The average molecular weight is 247 g/mol. The smallest absolute Gasteiger partial charge is 0.137 e. The van der Waals surface area contributed by atoms with Gasteiger partial charge in [-0.2, -0.15) is 0 Å². The predicted octanol–water partition coefficient (Wildman–Crippen LogP) is 1.75. The van der Waals surface area contributed by atoms with E-state index in [1.165, 1.54) is 0 Å². The number of nitrogens with zero attached hydrogens (tertiary/aromatic N) is 2. The van der Waals surface area contributed by atoms with Crippen molar-refractivity contribution in [3.05, 3.63) is 35.8 Å². The number of pyridine rings is 1. The summed E-state index contributed by atoms with van der Waals surface area (Å²) >= 11 is 0. The van der Waals surface area contributed by atoms with E-state index in [2.05, 4.69) is 28.5 Å². The van der Waals surface area contributed by atoms with Gasteiger partial charge in [0.05, 0.1) is 18.0 Å². The molecule has 2 aromatic heterocycles. The molecular weight excluding hydrogens is 226 g/mol. The summed E-state index contributed by atoms with van der Waals surface area (Å²) in [5, 5.41) is 12.7. The molecule has 1 atom stereocenters. The Hall–Kier alpha value is -1.39. The van der Waals surface area contributed by atoms with Gasteiger partial charge in [-0.3, -0.25) is 0 Å². The highest BCUT2D eigenvalue weighted by Crippen LogP contribution is 2.12. The Labute approximate surface area is 108 Å². The van der Waals surface area contributed by atoms with Gasteiger partial charge >= 0.3 is 0 Å². The first-order chi connectivity index (χ1) is 8.63. The zero-order valence-corrected chi connectivity index (χ0v) is 11.2. The number of hydrogen-bond donors (Lipinski definition) is 2. The molecule has 0 radical (unpaired) electrons. The molecule has 0 bridgehead atoms. The zero-order valence-electron chi connectivity index (χ0n) is 11.2. The lowest BCUT2D eigenvalue weighted by Gasteiger charge is -2.20. The van der Waals surface area contributed by atoms with Crippen LogP contribution in [0.25, 0.3) is 5.65 Å². The lowest BCUT2D eigenvalue weighted by Crippen LogP contribution is -2.36. The minimum absolute atomic E-state index is 0.124. The molecule has 98 valence electrons. The van der Waals surface area contributed by atoms with E-state index in [1.807, 2.05) is 31.3 Å². The van der Waals surface area contributed by atoms with Gasteiger partial charge in [0.1, 0.15) is 5.65 Å². The number of rotatable bonds is 5. The van der Waals surface area contributed by atoms with Crippen LogP contribution in [0.3, 0.4) is 0 Å². The van der Waals surface area contributed by atoms with Gasteiger partial charge in [-0.1, -0.05) is 19.9 Å². The molecule has 0 aliphatic carbocycles. The molecule has 0 aromatic carbocycles. The van der Waals surface area contributed by atoms with Crippen molar-refractivity contribution in [3.8, 4) is 0 Å². The Balaban J connectivity index is 2.19. The molecule has 2 aromatic rings. The lowest BCUT2D eigenvalue weighted by atomic mass is 10.1. The zero-order chi connectivity index (χ0) is 13.1. The van der Waals surface area contributed by atoms with Crippen LogP contribution in [0.4, 0.5) is 0 Å². The van der Waals surface area contributed by atoms with Crippen LogP contribution < -0.4 is 5.32 Å². The molecule has 1 unspecified atom stereocenters. The Morgan fingerprint density at radius 3 is 2.83 bits per heavy atom. The number of aryl methyl sites for hydroxylation is 1. The van der Waals surface area contributed by atoms with Gasteiger partial charge in [-0.15, -0.1) is 0 Å². The molecule has 18 heavy (non-hydrogen) atoms. The summed E-state index contributed by atoms with van der Waals surface area (Å²) in [6, 6.07) is 6.12. The van der Waals surface area contributed by atoms with Crippen LogP contribution >= 0.6 is 0 Å². The van der Waals surface area contributed by atoms with E-state index in [9.17, 15) is 5.11 Å². The van der Waals surface area contributed by atoms with Gasteiger partial charge in [0.25, 0.3) is 0 Å². The van der Waals surface area contributed by atoms with Crippen molar-refractivity contribution >= 4 is 5.65 Å². The van der Waals surface area contributed by atoms with Crippen LogP contribution in [-0.4, -0.2) is 27.1 Å². The van der Waals surface area contributed by atoms with Gasteiger partial charge in [-0.05, 0) is 25.0 Å². The first-order valence-electron chi connectivity index (χ1n) is 6.40. The predicted molar refractivity (Wildman–Crippen MR) is 72.5 cm³/mol. The van der Waals surface area contributed by atoms with Crippen molar-refractivity contribution in [1.29, 1.82) is 0 Å². The number of aliphatic hydroxyl groups is 1. The van der Waals surface area contributed by atoms with E-state index in [-0.39, 0.29) is 12.6 Å². The van der Waals surface area contributed by atoms with Gasteiger partial charge in [0.15, 0.2) is 0 Å². The third-order valence-electron chi connectivity index (χ3n) is 3.36. The van der Waals surface area contributed by atoms with Crippen molar-refractivity contribution < 1.29 is 5.11 Å². The second-order valence-corrected chi connectivity index (χ2v) is 4.99. The molecule has 0 amide bonds. The van der Waals surface area contributed by atoms with Crippen molar-refractivity contribution in [2.24, 2.45) is 5.92 Å². The maximum Gasteiger partial charge on any atom is 0.137 e. The first-order valence-corrected chi connectivity index (χ1v) is 6.40. The molecule has 4 nitrogen and oxygen atoms in total. The van der Waals surface area contributed by atoms with E-state index in [4.69, 9.17) is 0 Å². The molecule has 4 heteroatoms. The monoisotopic (exact) mass is 247 g/mol. The maximum absolute atomic E-state index is 9.32. The molecule has 0 saturated carbocycles. The second-order valence-electron chi connectivity index (χ2n) is 4.99. The highest BCUT2D eigenvalue weighted by molar-refractivity contribution is 5.42. The summed E-state index contributed by atoms with van der Waals surface area (Å²) in [5.41, 5.74) is 3.16. The molecule has 0 spiro atoms. The summed E-state index contributed by atoms with van der Waals surface area (Å²) in [6.45, 7) is 7.12. The first kappa shape index (κ1) is 13.1. The van der Waals surface area contributed by atoms with Crippen LogP contribution in [0.1, 0.15) is 25.2 Å². The van der Waals surface area contributed by atoms with Gasteiger partial charge in [-0.25, -0.2) is 4.98 Å². The highest BCUT2D eigenvalue weighted by atomic mass is 16.3. The Bertz CT molecular complexity index is 519. The van der Waals surface area contributed by atoms with Crippen LogP contribution in [0.15, 0.2) is 24.4 Å². The number of aliphatic hydroxyl groups excluding tert-OH is 1. The van der Waals surface area contributed by atoms with E-state index >= 15 is 0 Å². The van der Waals surface area contributed by atoms with Crippen molar-refractivity contribution in [1.82, 2.24) is 14.7 Å². The van der Waals surface area contributed by atoms with E-state index in [0.717, 1.165) is 23.6 Å². The van der Waals surface area contributed by atoms with E-state index < -0.39 is 0 Å².